The summed E-state index contributed by atoms with van der Waals surface area (Å²) in [6.07, 6.45) is 11.4. The van der Waals surface area contributed by atoms with Gasteiger partial charge in [-0.25, -0.2) is 9.97 Å². The van der Waals surface area contributed by atoms with Crippen molar-refractivity contribution in [1.29, 1.82) is 0 Å². The first-order valence-corrected chi connectivity index (χ1v) is 8.29. The van der Waals surface area contributed by atoms with E-state index in [2.05, 4.69) is 20.6 Å². The molecule has 1 aliphatic heterocycles. The Morgan fingerprint density at radius 3 is 2.68 bits per heavy atom. The highest BCUT2D eigenvalue weighted by atomic mass is 16.5. The quantitative estimate of drug-likeness (QED) is 0.871. The molecule has 2 N–H and O–H groups in total. The van der Waals surface area contributed by atoms with Gasteiger partial charge in [-0.3, -0.25) is 4.79 Å². The average molecular weight is 304 g/mol. The minimum Gasteiger partial charge on any atom is -0.376 e. The molecule has 1 aliphatic carbocycles. The lowest BCUT2D eigenvalue weighted by atomic mass is 9.95. The molecule has 2 heterocycles. The molecule has 2 fully saturated rings. The van der Waals surface area contributed by atoms with E-state index in [0.717, 1.165) is 38.8 Å². The minimum atomic E-state index is -0.120. The van der Waals surface area contributed by atoms with Crippen LogP contribution in [-0.2, 0) is 4.74 Å². The van der Waals surface area contributed by atoms with Crippen molar-refractivity contribution >= 4 is 11.7 Å². The second-order valence-corrected chi connectivity index (χ2v) is 6.11. The third-order valence-electron chi connectivity index (χ3n) is 4.36. The number of carbonyl (C=O) groups excluding carboxylic acids is 1. The van der Waals surface area contributed by atoms with Crippen LogP contribution in [0, 0.1) is 0 Å². The van der Waals surface area contributed by atoms with Gasteiger partial charge in [0.1, 0.15) is 11.5 Å². The number of hydrogen-bond donors (Lipinski definition) is 2. The second-order valence-electron chi connectivity index (χ2n) is 6.11. The summed E-state index contributed by atoms with van der Waals surface area (Å²) in [5.41, 5.74) is 0.383. The van der Waals surface area contributed by atoms with Gasteiger partial charge in [-0.05, 0) is 25.7 Å². The van der Waals surface area contributed by atoms with Gasteiger partial charge in [0.15, 0.2) is 0 Å². The Bertz CT molecular complexity index is 479. The van der Waals surface area contributed by atoms with Crippen LogP contribution in [0.2, 0.25) is 0 Å². The Kier molecular flexibility index (Phi) is 5.21. The van der Waals surface area contributed by atoms with Gasteiger partial charge < -0.3 is 15.4 Å². The van der Waals surface area contributed by atoms with E-state index in [9.17, 15) is 4.79 Å². The van der Waals surface area contributed by atoms with E-state index in [-0.39, 0.29) is 12.0 Å². The fourth-order valence-corrected chi connectivity index (χ4v) is 3.07. The van der Waals surface area contributed by atoms with Crippen LogP contribution in [0.3, 0.4) is 0 Å². The molecule has 120 valence electrons. The largest absolute Gasteiger partial charge is 0.376 e. The average Bonchev–Trinajstić information content (AvgIpc) is 3.08. The molecule has 0 radical (unpaired) electrons. The number of nitrogens with zero attached hydrogens (tertiary/aromatic N) is 2. The zero-order valence-corrected chi connectivity index (χ0v) is 12.9. The molecule has 1 aromatic rings. The number of hydrogen-bond acceptors (Lipinski definition) is 5. The van der Waals surface area contributed by atoms with Gasteiger partial charge in [0, 0.05) is 19.2 Å². The maximum absolute atomic E-state index is 12.1. The second kappa shape index (κ2) is 7.54. The fourth-order valence-electron chi connectivity index (χ4n) is 3.07. The smallest absolute Gasteiger partial charge is 0.271 e. The Morgan fingerprint density at radius 2 is 2.00 bits per heavy atom. The fraction of sp³-hybridized carbons (Fsp3) is 0.688. The van der Waals surface area contributed by atoms with Gasteiger partial charge in [-0.15, -0.1) is 0 Å². The van der Waals surface area contributed by atoms with E-state index in [1.165, 1.54) is 25.5 Å². The van der Waals surface area contributed by atoms with Gasteiger partial charge in [0.05, 0.1) is 18.5 Å². The minimum absolute atomic E-state index is 0.120. The van der Waals surface area contributed by atoms with Crippen LogP contribution in [0.1, 0.15) is 55.4 Å². The zero-order valence-electron chi connectivity index (χ0n) is 12.9. The van der Waals surface area contributed by atoms with Crippen LogP contribution < -0.4 is 10.6 Å². The van der Waals surface area contributed by atoms with Crippen molar-refractivity contribution in [3.63, 3.8) is 0 Å². The summed E-state index contributed by atoms with van der Waals surface area (Å²) >= 11 is 0. The van der Waals surface area contributed by atoms with Crippen molar-refractivity contribution in [2.75, 3.05) is 18.5 Å². The van der Waals surface area contributed by atoms with E-state index in [1.807, 2.05) is 0 Å². The number of amides is 1. The van der Waals surface area contributed by atoms with Crippen LogP contribution >= 0.6 is 0 Å². The van der Waals surface area contributed by atoms with Crippen molar-refractivity contribution in [2.24, 2.45) is 0 Å². The maximum atomic E-state index is 12.1. The molecule has 1 atom stereocenters. The van der Waals surface area contributed by atoms with Crippen molar-refractivity contribution < 1.29 is 9.53 Å². The molecule has 3 rings (SSSR count). The summed E-state index contributed by atoms with van der Waals surface area (Å²) in [5, 5.41) is 6.25. The number of aromatic nitrogens is 2. The summed E-state index contributed by atoms with van der Waals surface area (Å²) in [4.78, 5) is 20.6. The SMILES string of the molecule is O=C(NC1CCCCC1)c1cnc(NCC2CCCO2)cn1. The third kappa shape index (κ3) is 4.16. The monoisotopic (exact) mass is 304 g/mol. The zero-order chi connectivity index (χ0) is 15.2. The number of anilines is 1. The van der Waals surface area contributed by atoms with Gasteiger partial charge in [0.2, 0.25) is 0 Å². The molecule has 6 nitrogen and oxygen atoms in total. The highest BCUT2D eigenvalue weighted by Gasteiger charge is 2.18. The van der Waals surface area contributed by atoms with Crippen molar-refractivity contribution in [3.05, 3.63) is 18.1 Å². The Balaban J connectivity index is 1.48. The first-order chi connectivity index (χ1) is 10.8. The molecule has 0 spiro atoms. The highest BCUT2D eigenvalue weighted by molar-refractivity contribution is 5.92. The summed E-state index contributed by atoms with van der Waals surface area (Å²) in [5.74, 6) is 0.565. The molecular formula is C16H24N4O2. The lowest BCUT2D eigenvalue weighted by molar-refractivity contribution is 0.0922. The normalized spacial score (nSPS) is 22.5. The molecule has 1 aromatic heterocycles. The van der Waals surface area contributed by atoms with Crippen LogP contribution in [0.15, 0.2) is 12.4 Å². The summed E-state index contributed by atoms with van der Waals surface area (Å²) in [7, 11) is 0. The van der Waals surface area contributed by atoms with Crippen LogP contribution in [0.5, 0.6) is 0 Å². The van der Waals surface area contributed by atoms with Crippen LogP contribution in [0.4, 0.5) is 5.82 Å². The van der Waals surface area contributed by atoms with Crippen LogP contribution in [0.25, 0.3) is 0 Å². The lowest BCUT2D eigenvalue weighted by Crippen LogP contribution is -2.36. The molecule has 6 heteroatoms. The molecule has 1 unspecified atom stereocenters. The number of ether oxygens (including phenoxy) is 1. The maximum Gasteiger partial charge on any atom is 0.271 e. The number of rotatable bonds is 5. The number of nitrogens with one attached hydrogen (secondary N) is 2. The molecule has 1 amide bonds. The third-order valence-corrected chi connectivity index (χ3v) is 4.36. The molecule has 2 aliphatic rings. The van der Waals surface area contributed by atoms with Crippen molar-refractivity contribution in [2.45, 2.75) is 57.1 Å². The first-order valence-electron chi connectivity index (χ1n) is 8.29. The van der Waals surface area contributed by atoms with Gasteiger partial charge >= 0.3 is 0 Å². The van der Waals surface area contributed by atoms with E-state index in [4.69, 9.17) is 4.74 Å². The Labute approximate surface area is 131 Å². The molecular weight excluding hydrogens is 280 g/mol. The van der Waals surface area contributed by atoms with Crippen LogP contribution in [-0.4, -0.2) is 41.2 Å². The Morgan fingerprint density at radius 1 is 1.14 bits per heavy atom. The molecule has 1 saturated heterocycles. The number of carbonyl (C=O) groups is 1. The van der Waals surface area contributed by atoms with E-state index < -0.39 is 0 Å². The summed E-state index contributed by atoms with van der Waals surface area (Å²) in [6.45, 7) is 1.58. The lowest BCUT2D eigenvalue weighted by Gasteiger charge is -2.22. The first kappa shape index (κ1) is 15.2. The molecule has 1 saturated carbocycles. The summed E-state index contributed by atoms with van der Waals surface area (Å²) < 4.78 is 5.55. The van der Waals surface area contributed by atoms with Gasteiger partial charge in [-0.2, -0.15) is 0 Å². The molecule has 0 aromatic carbocycles. The standard InChI is InChI=1S/C16H24N4O2/c21-16(20-12-5-2-1-3-6-12)14-10-19-15(11-17-14)18-9-13-7-4-8-22-13/h10-13H,1-9H2,(H,18,19)(H,20,21). The van der Waals surface area contributed by atoms with E-state index in [1.54, 1.807) is 6.20 Å². The van der Waals surface area contributed by atoms with E-state index in [0.29, 0.717) is 17.6 Å². The predicted octanol–water partition coefficient (Wildman–Crippen LogP) is 2.13. The predicted molar refractivity (Wildman–Crippen MR) is 83.8 cm³/mol. The van der Waals surface area contributed by atoms with Gasteiger partial charge in [0.25, 0.3) is 5.91 Å². The van der Waals surface area contributed by atoms with Crippen molar-refractivity contribution in [3.8, 4) is 0 Å². The Hall–Kier alpha value is -1.69. The van der Waals surface area contributed by atoms with Crippen molar-refractivity contribution in [1.82, 2.24) is 15.3 Å². The highest BCUT2D eigenvalue weighted by Crippen LogP contribution is 2.17. The molecule has 22 heavy (non-hydrogen) atoms. The summed E-state index contributed by atoms with van der Waals surface area (Å²) in [6, 6.07) is 0.292. The topological polar surface area (TPSA) is 76.1 Å². The molecule has 0 bridgehead atoms. The van der Waals surface area contributed by atoms with Gasteiger partial charge in [-0.1, -0.05) is 19.3 Å². The van der Waals surface area contributed by atoms with E-state index >= 15 is 0 Å².